The standard InChI is InChI=1S/C19H27FN4O4S/c1-13-6-5-7-14-15(13)29(26,27)23-16(22-14)21-12-19(20)8-10-24(11-9-19)17(25)28-18(2,3)4/h5-7H,8-12H2,1-4H3,(H2,21,22,23). The van der Waals surface area contributed by atoms with E-state index in [1.807, 2.05) is 0 Å². The SMILES string of the molecule is Cc1cccc2c1S(=O)(=O)N=C(NCC1(F)CCN(C(=O)OC(C)(C)C)CC1)N2. The van der Waals surface area contributed by atoms with E-state index in [-0.39, 0.29) is 43.3 Å². The van der Waals surface area contributed by atoms with Gasteiger partial charge in [0.05, 0.1) is 12.2 Å². The summed E-state index contributed by atoms with van der Waals surface area (Å²) in [6.45, 7) is 7.39. The molecular formula is C19H27FN4O4S. The number of anilines is 1. The predicted molar refractivity (Wildman–Crippen MR) is 108 cm³/mol. The van der Waals surface area contributed by atoms with E-state index in [1.54, 1.807) is 45.9 Å². The lowest BCUT2D eigenvalue weighted by Crippen LogP contribution is -2.51. The number of hydrogen-bond donors (Lipinski definition) is 2. The fourth-order valence-electron chi connectivity index (χ4n) is 3.32. The Bertz CT molecular complexity index is 932. The Morgan fingerprint density at radius 2 is 2.00 bits per heavy atom. The first-order chi connectivity index (χ1) is 13.4. The maximum absolute atomic E-state index is 15.2. The van der Waals surface area contributed by atoms with Crippen molar-refractivity contribution in [3.05, 3.63) is 23.8 Å². The van der Waals surface area contributed by atoms with E-state index in [1.165, 1.54) is 4.90 Å². The summed E-state index contributed by atoms with van der Waals surface area (Å²) in [6.07, 6.45) is -0.215. The largest absolute Gasteiger partial charge is 0.444 e. The number of guanidine groups is 1. The molecule has 1 saturated heterocycles. The molecular weight excluding hydrogens is 399 g/mol. The van der Waals surface area contributed by atoms with Crippen LogP contribution in [0.15, 0.2) is 27.5 Å². The molecule has 2 heterocycles. The number of alkyl halides is 1. The molecule has 0 unspecified atom stereocenters. The van der Waals surface area contributed by atoms with Crippen LogP contribution in [0.25, 0.3) is 0 Å². The van der Waals surface area contributed by atoms with Crippen LogP contribution in [0.2, 0.25) is 0 Å². The molecule has 1 aromatic rings. The van der Waals surface area contributed by atoms with E-state index in [2.05, 4.69) is 15.0 Å². The Morgan fingerprint density at radius 3 is 2.62 bits per heavy atom. The minimum atomic E-state index is -3.86. The maximum atomic E-state index is 15.2. The van der Waals surface area contributed by atoms with Crippen molar-refractivity contribution in [2.45, 2.75) is 56.7 Å². The van der Waals surface area contributed by atoms with Gasteiger partial charge in [-0.25, -0.2) is 9.18 Å². The summed E-state index contributed by atoms with van der Waals surface area (Å²) in [7, 11) is -3.86. The third-order valence-electron chi connectivity index (χ3n) is 4.82. The number of rotatable bonds is 2. The molecule has 0 radical (unpaired) electrons. The highest BCUT2D eigenvalue weighted by Crippen LogP contribution is 2.30. The van der Waals surface area contributed by atoms with Crippen molar-refractivity contribution in [3.8, 4) is 0 Å². The van der Waals surface area contributed by atoms with Crippen molar-refractivity contribution in [1.29, 1.82) is 0 Å². The molecule has 1 fully saturated rings. The number of fused-ring (bicyclic) bond motifs is 1. The number of benzene rings is 1. The Labute approximate surface area is 170 Å². The van der Waals surface area contributed by atoms with Crippen molar-refractivity contribution in [2.75, 3.05) is 25.0 Å². The highest BCUT2D eigenvalue weighted by Gasteiger charge is 2.38. The summed E-state index contributed by atoms with van der Waals surface area (Å²) in [4.78, 5) is 13.7. The zero-order valence-electron chi connectivity index (χ0n) is 17.1. The van der Waals surface area contributed by atoms with Gasteiger partial charge in [-0.3, -0.25) is 0 Å². The number of hydrogen-bond acceptors (Lipinski definition) is 6. The highest BCUT2D eigenvalue weighted by atomic mass is 32.2. The van der Waals surface area contributed by atoms with Gasteiger partial charge >= 0.3 is 6.09 Å². The Morgan fingerprint density at radius 1 is 1.34 bits per heavy atom. The number of carbonyl (C=O) groups excluding carboxylic acids is 1. The molecule has 160 valence electrons. The third-order valence-corrected chi connectivity index (χ3v) is 6.30. The van der Waals surface area contributed by atoms with Gasteiger partial charge in [0.2, 0.25) is 5.96 Å². The number of sulfonamides is 1. The van der Waals surface area contributed by atoms with Crippen LogP contribution in [0.1, 0.15) is 39.2 Å². The van der Waals surface area contributed by atoms with Gasteiger partial charge in [0.15, 0.2) is 0 Å². The third kappa shape index (κ3) is 4.98. The second-order valence-electron chi connectivity index (χ2n) is 8.46. The number of likely N-dealkylation sites (tertiary alicyclic amines) is 1. The maximum Gasteiger partial charge on any atom is 0.410 e. The first-order valence-electron chi connectivity index (χ1n) is 9.51. The summed E-state index contributed by atoms with van der Waals surface area (Å²) in [5.41, 5.74) is -1.18. The van der Waals surface area contributed by atoms with E-state index in [0.29, 0.717) is 11.3 Å². The molecule has 0 bridgehead atoms. The summed E-state index contributed by atoms with van der Waals surface area (Å²) >= 11 is 0. The van der Waals surface area contributed by atoms with Crippen LogP contribution in [-0.2, 0) is 14.8 Å². The van der Waals surface area contributed by atoms with Crippen LogP contribution < -0.4 is 10.6 Å². The molecule has 3 rings (SSSR count). The number of aryl methyl sites for hydroxylation is 1. The van der Waals surface area contributed by atoms with E-state index >= 15 is 4.39 Å². The number of nitrogens with zero attached hydrogens (tertiary/aromatic N) is 2. The second-order valence-corrected chi connectivity index (χ2v) is 10.0. The van der Waals surface area contributed by atoms with Crippen molar-refractivity contribution in [2.24, 2.45) is 4.40 Å². The summed E-state index contributed by atoms with van der Waals surface area (Å²) < 4.78 is 49.1. The Hall–Kier alpha value is -2.36. The van der Waals surface area contributed by atoms with E-state index in [0.717, 1.165) is 0 Å². The molecule has 2 aliphatic rings. The fourth-order valence-corrected chi connectivity index (χ4v) is 4.64. The molecule has 10 heteroatoms. The monoisotopic (exact) mass is 426 g/mol. The minimum absolute atomic E-state index is 0.00491. The molecule has 2 N–H and O–H groups in total. The molecule has 2 aliphatic heterocycles. The van der Waals surface area contributed by atoms with Gasteiger partial charge in [-0.1, -0.05) is 12.1 Å². The normalized spacial score (nSPS) is 20.2. The van der Waals surface area contributed by atoms with Gasteiger partial charge in [0, 0.05) is 25.9 Å². The average Bonchev–Trinajstić information content (AvgIpc) is 2.58. The zero-order valence-corrected chi connectivity index (χ0v) is 17.9. The number of ether oxygens (including phenoxy) is 1. The molecule has 8 nitrogen and oxygen atoms in total. The summed E-state index contributed by atoms with van der Waals surface area (Å²) in [5.74, 6) is -0.00491. The number of halogens is 1. The Kier molecular flexibility index (Phi) is 5.50. The smallest absolute Gasteiger partial charge is 0.410 e. The summed E-state index contributed by atoms with van der Waals surface area (Å²) in [6, 6.07) is 5.07. The molecule has 0 aromatic heterocycles. The van der Waals surface area contributed by atoms with E-state index in [9.17, 15) is 13.2 Å². The first kappa shape index (κ1) is 21.4. The molecule has 29 heavy (non-hydrogen) atoms. The van der Waals surface area contributed by atoms with Gasteiger partial charge in [-0.15, -0.1) is 4.40 Å². The van der Waals surface area contributed by atoms with E-state index < -0.39 is 27.4 Å². The topological polar surface area (TPSA) is 100 Å². The molecule has 0 saturated carbocycles. The Balaban J connectivity index is 1.60. The lowest BCUT2D eigenvalue weighted by Gasteiger charge is -2.37. The number of piperidine rings is 1. The first-order valence-corrected chi connectivity index (χ1v) is 10.9. The number of amides is 1. The van der Waals surface area contributed by atoms with Crippen LogP contribution in [0.4, 0.5) is 14.9 Å². The lowest BCUT2D eigenvalue weighted by molar-refractivity contribution is 0.00423. The van der Waals surface area contributed by atoms with Gasteiger partial charge in [0.25, 0.3) is 10.0 Å². The average molecular weight is 427 g/mol. The van der Waals surface area contributed by atoms with Crippen LogP contribution in [0.5, 0.6) is 0 Å². The second kappa shape index (κ2) is 7.47. The van der Waals surface area contributed by atoms with Crippen LogP contribution >= 0.6 is 0 Å². The quantitative estimate of drug-likeness (QED) is 0.754. The predicted octanol–water partition coefficient (Wildman–Crippen LogP) is 2.79. The van der Waals surface area contributed by atoms with Crippen LogP contribution in [0.3, 0.4) is 0 Å². The minimum Gasteiger partial charge on any atom is -0.444 e. The van der Waals surface area contributed by atoms with Crippen molar-refractivity contribution in [1.82, 2.24) is 10.2 Å². The number of carbonyl (C=O) groups is 1. The van der Waals surface area contributed by atoms with Gasteiger partial charge < -0.3 is 20.3 Å². The summed E-state index contributed by atoms with van der Waals surface area (Å²) in [5, 5.41) is 5.69. The highest BCUT2D eigenvalue weighted by molar-refractivity contribution is 7.90. The lowest BCUT2D eigenvalue weighted by atomic mass is 9.93. The fraction of sp³-hybridized carbons (Fsp3) is 0.579. The molecule has 0 atom stereocenters. The molecule has 0 spiro atoms. The van der Waals surface area contributed by atoms with Gasteiger partial charge in [-0.2, -0.15) is 8.42 Å². The molecule has 1 aromatic carbocycles. The van der Waals surface area contributed by atoms with Crippen molar-refractivity contribution < 1.29 is 22.3 Å². The van der Waals surface area contributed by atoms with Crippen LogP contribution in [0, 0.1) is 6.92 Å². The zero-order chi connectivity index (χ0) is 21.4. The molecule has 1 amide bonds. The van der Waals surface area contributed by atoms with Gasteiger partial charge in [0.1, 0.15) is 16.2 Å². The van der Waals surface area contributed by atoms with E-state index in [4.69, 9.17) is 4.74 Å². The van der Waals surface area contributed by atoms with Gasteiger partial charge in [-0.05, 0) is 39.3 Å². The number of nitrogens with one attached hydrogen (secondary N) is 2. The van der Waals surface area contributed by atoms with Crippen molar-refractivity contribution in [3.63, 3.8) is 0 Å². The van der Waals surface area contributed by atoms with Crippen LogP contribution in [-0.4, -0.2) is 56.3 Å². The molecule has 0 aliphatic carbocycles. The van der Waals surface area contributed by atoms with Crippen molar-refractivity contribution >= 4 is 27.8 Å².